The smallest absolute Gasteiger partial charge is 0.303 e. The van der Waals surface area contributed by atoms with Crippen molar-refractivity contribution in [3.05, 3.63) is 0 Å². The van der Waals surface area contributed by atoms with E-state index >= 15 is 0 Å². The van der Waals surface area contributed by atoms with Gasteiger partial charge in [0.2, 0.25) is 0 Å². The summed E-state index contributed by atoms with van der Waals surface area (Å²) in [6, 6.07) is 0. The van der Waals surface area contributed by atoms with Crippen LogP contribution in [0.2, 0.25) is 0 Å². The van der Waals surface area contributed by atoms with Gasteiger partial charge in [0.15, 0.2) is 67.7 Å². The standard InChI is InChI=1S/C35H48O24/c1-13(36)46-10-24-25(50-15(3)38)29(53-18(6)41)32(56-21(9)44)35(58-24)59-26-23(57-33(45)30(54-19(7)42)28(26)52-17(5)40)12-48-34-31(55-20(8)43)27(51-16(4)39)22(11-47-34)49-14(2)37/h22-35,45H,10-12H2,1-9H3/t22-,23+,24+,25+,26+,27-,28-,29-,30+,31+,32+,33+,34-,35-/m0/s1. The van der Waals surface area contributed by atoms with Crippen molar-refractivity contribution >= 4 is 53.7 Å². The molecular weight excluding hydrogens is 804 g/mol. The summed E-state index contributed by atoms with van der Waals surface area (Å²) in [6.45, 7) is 7.26. The lowest BCUT2D eigenvalue weighted by molar-refractivity contribution is -0.362. The Morgan fingerprint density at radius 2 is 0.847 bits per heavy atom. The molecule has 3 heterocycles. The van der Waals surface area contributed by atoms with Crippen LogP contribution in [0.4, 0.5) is 0 Å². The van der Waals surface area contributed by atoms with Gasteiger partial charge in [-0.05, 0) is 0 Å². The molecule has 0 radical (unpaired) electrons. The van der Waals surface area contributed by atoms with Crippen LogP contribution in [-0.2, 0) is 109 Å². The third-order valence-corrected chi connectivity index (χ3v) is 8.18. The highest BCUT2D eigenvalue weighted by Gasteiger charge is 2.58. The second kappa shape index (κ2) is 21.8. The molecule has 0 aromatic heterocycles. The molecular formula is C35H48O24. The summed E-state index contributed by atoms with van der Waals surface area (Å²) in [5, 5.41) is 11.1. The average Bonchev–Trinajstić information content (AvgIpc) is 3.08. The normalized spacial score (nSPS) is 32.8. The Morgan fingerprint density at radius 1 is 0.441 bits per heavy atom. The van der Waals surface area contributed by atoms with Crippen LogP contribution in [0.15, 0.2) is 0 Å². The molecule has 0 amide bonds. The fraction of sp³-hybridized carbons (Fsp3) is 0.743. The third kappa shape index (κ3) is 14.3. The number of aliphatic hydroxyl groups excluding tert-OH is 1. The number of hydrogen-bond acceptors (Lipinski definition) is 24. The minimum absolute atomic E-state index is 0.455. The lowest BCUT2D eigenvalue weighted by Crippen LogP contribution is -2.67. The Bertz CT molecular complexity index is 1560. The van der Waals surface area contributed by atoms with Gasteiger partial charge in [0.1, 0.15) is 24.9 Å². The average molecular weight is 853 g/mol. The Labute approximate surface area is 336 Å². The number of carbonyl (C=O) groups is 9. The van der Waals surface area contributed by atoms with Gasteiger partial charge in [0, 0.05) is 62.3 Å². The van der Waals surface area contributed by atoms with Crippen LogP contribution in [0.25, 0.3) is 0 Å². The van der Waals surface area contributed by atoms with Crippen molar-refractivity contribution in [2.24, 2.45) is 0 Å². The van der Waals surface area contributed by atoms with Crippen LogP contribution in [0.3, 0.4) is 0 Å². The largest absolute Gasteiger partial charge is 0.463 e. The van der Waals surface area contributed by atoms with Crippen molar-refractivity contribution in [2.45, 2.75) is 148 Å². The summed E-state index contributed by atoms with van der Waals surface area (Å²) in [6.07, 6.45) is -23.7. The summed E-state index contributed by atoms with van der Waals surface area (Å²) in [4.78, 5) is 110. The molecule has 0 aromatic rings. The van der Waals surface area contributed by atoms with E-state index in [2.05, 4.69) is 0 Å². The predicted molar refractivity (Wildman–Crippen MR) is 181 cm³/mol. The predicted octanol–water partition coefficient (Wildman–Crippen LogP) is -1.80. The molecule has 0 aromatic carbocycles. The van der Waals surface area contributed by atoms with Gasteiger partial charge in [0.25, 0.3) is 0 Å². The molecule has 24 nitrogen and oxygen atoms in total. The highest BCUT2D eigenvalue weighted by atomic mass is 16.8. The van der Waals surface area contributed by atoms with E-state index < -0.39 is 160 Å². The lowest BCUT2D eigenvalue weighted by atomic mass is 9.96. The zero-order valence-corrected chi connectivity index (χ0v) is 33.5. The SMILES string of the molecule is CC(=O)OC[C@H]1O[C@@H](O[C@H]2[C@H](OC(C)=O)[C@@H](OC(C)=O)[C@H](O)O[C@@H]2CO[C@@H]2OC[C@H](OC(C)=O)[C@H](OC(C)=O)[C@H]2OC(C)=O)[C@H](OC(C)=O)[C@@H](OC(C)=O)[C@@H]1OC(C)=O. The van der Waals surface area contributed by atoms with Gasteiger partial charge < -0.3 is 71.4 Å². The minimum atomic E-state index is -2.06. The first-order valence-electron chi connectivity index (χ1n) is 18.0. The fourth-order valence-corrected chi connectivity index (χ4v) is 6.33. The van der Waals surface area contributed by atoms with E-state index in [1.165, 1.54) is 0 Å². The lowest BCUT2D eigenvalue weighted by Gasteiger charge is -2.48. The van der Waals surface area contributed by atoms with E-state index in [9.17, 15) is 48.3 Å². The summed E-state index contributed by atoms with van der Waals surface area (Å²) in [5.74, 6) is -8.20. The number of ether oxygens (including phenoxy) is 14. The molecule has 3 aliphatic rings. The zero-order chi connectivity index (χ0) is 44.3. The Balaban J connectivity index is 2.14. The van der Waals surface area contributed by atoms with Crippen molar-refractivity contribution < 1.29 is 115 Å². The van der Waals surface area contributed by atoms with Gasteiger partial charge in [-0.3, -0.25) is 43.2 Å². The van der Waals surface area contributed by atoms with Crippen molar-refractivity contribution in [3.63, 3.8) is 0 Å². The maximum atomic E-state index is 12.5. The monoisotopic (exact) mass is 852 g/mol. The third-order valence-electron chi connectivity index (χ3n) is 8.18. The van der Waals surface area contributed by atoms with Gasteiger partial charge in [-0.1, -0.05) is 0 Å². The fourth-order valence-electron chi connectivity index (χ4n) is 6.33. The quantitative estimate of drug-likeness (QED) is 0.140. The molecule has 3 rings (SSSR count). The number of aliphatic hydroxyl groups is 1. The van der Waals surface area contributed by atoms with E-state index in [0.717, 1.165) is 62.3 Å². The zero-order valence-electron chi connectivity index (χ0n) is 33.5. The Morgan fingerprint density at radius 3 is 1.34 bits per heavy atom. The van der Waals surface area contributed by atoms with Gasteiger partial charge in [0.05, 0.1) is 13.2 Å². The van der Waals surface area contributed by atoms with Crippen molar-refractivity contribution in [1.82, 2.24) is 0 Å². The van der Waals surface area contributed by atoms with E-state index in [1.807, 2.05) is 0 Å². The van der Waals surface area contributed by atoms with Crippen LogP contribution in [0, 0.1) is 0 Å². The van der Waals surface area contributed by atoms with Crippen molar-refractivity contribution in [1.29, 1.82) is 0 Å². The van der Waals surface area contributed by atoms with Crippen LogP contribution in [0.1, 0.15) is 62.3 Å². The van der Waals surface area contributed by atoms with Crippen LogP contribution in [0.5, 0.6) is 0 Å². The van der Waals surface area contributed by atoms with Gasteiger partial charge in [-0.25, -0.2) is 0 Å². The first-order chi connectivity index (χ1) is 27.6. The van der Waals surface area contributed by atoms with Crippen LogP contribution < -0.4 is 0 Å². The first kappa shape index (κ1) is 48.4. The maximum absolute atomic E-state index is 12.5. The highest BCUT2D eigenvalue weighted by Crippen LogP contribution is 2.35. The Hall–Kier alpha value is -5.01. The van der Waals surface area contributed by atoms with E-state index in [0.29, 0.717) is 0 Å². The van der Waals surface area contributed by atoms with E-state index in [1.54, 1.807) is 0 Å². The molecule has 1 N–H and O–H groups in total. The molecule has 332 valence electrons. The first-order valence-corrected chi connectivity index (χ1v) is 18.0. The molecule has 0 aliphatic carbocycles. The Kier molecular flexibility index (Phi) is 17.9. The number of carbonyl (C=O) groups excluding carboxylic acids is 9. The van der Waals surface area contributed by atoms with Gasteiger partial charge >= 0.3 is 53.7 Å². The van der Waals surface area contributed by atoms with Crippen LogP contribution >= 0.6 is 0 Å². The molecule has 24 heteroatoms. The van der Waals surface area contributed by atoms with E-state index in [4.69, 9.17) is 66.3 Å². The van der Waals surface area contributed by atoms with E-state index in [-0.39, 0.29) is 0 Å². The van der Waals surface area contributed by atoms with Gasteiger partial charge in [-0.2, -0.15) is 0 Å². The summed E-state index contributed by atoms with van der Waals surface area (Å²) < 4.78 is 77.8. The molecule has 3 fully saturated rings. The van der Waals surface area contributed by atoms with Crippen molar-refractivity contribution in [2.75, 3.05) is 19.8 Å². The molecule has 0 unspecified atom stereocenters. The van der Waals surface area contributed by atoms with Gasteiger partial charge in [-0.15, -0.1) is 0 Å². The highest BCUT2D eigenvalue weighted by molar-refractivity contribution is 5.70. The maximum Gasteiger partial charge on any atom is 0.303 e. The summed E-state index contributed by atoms with van der Waals surface area (Å²) in [5.41, 5.74) is 0. The number of rotatable bonds is 15. The second-order valence-corrected chi connectivity index (χ2v) is 13.2. The number of hydrogen-bond donors (Lipinski definition) is 1. The second-order valence-electron chi connectivity index (χ2n) is 13.2. The molecule has 14 atom stereocenters. The molecule has 0 bridgehead atoms. The molecule has 3 aliphatic heterocycles. The molecule has 3 saturated heterocycles. The molecule has 59 heavy (non-hydrogen) atoms. The topological polar surface area (TPSA) is 303 Å². The summed E-state index contributed by atoms with van der Waals surface area (Å²) in [7, 11) is 0. The number of esters is 9. The van der Waals surface area contributed by atoms with Crippen LogP contribution in [-0.4, -0.2) is 165 Å². The minimum Gasteiger partial charge on any atom is -0.463 e. The molecule has 0 saturated carbocycles. The van der Waals surface area contributed by atoms with Crippen molar-refractivity contribution in [3.8, 4) is 0 Å². The molecule has 0 spiro atoms. The summed E-state index contributed by atoms with van der Waals surface area (Å²) >= 11 is 0.